The Morgan fingerprint density at radius 1 is 1.18 bits per heavy atom. The minimum atomic E-state index is -3.72. The summed E-state index contributed by atoms with van der Waals surface area (Å²) in [5.41, 5.74) is 0.415. The molecule has 1 heterocycles. The van der Waals surface area contributed by atoms with Crippen LogP contribution in [0.5, 0.6) is 5.75 Å². The first-order chi connectivity index (χ1) is 13.4. The molecule has 1 aromatic rings. The number of hydrogen-bond donors (Lipinski definition) is 0. The molecule has 6 nitrogen and oxygen atoms in total. The number of ether oxygens (including phenoxy) is 1. The number of piperidine rings is 1. The van der Waals surface area contributed by atoms with Crippen LogP contribution in [0.4, 0.5) is 0 Å². The number of benzene rings is 1. The number of rotatable bonds is 6. The number of hydrogen-bond acceptors (Lipinski definition) is 4. The Balaban J connectivity index is 1.96. The predicted molar refractivity (Wildman–Crippen MR) is 109 cm³/mol. The van der Waals surface area contributed by atoms with Crippen LogP contribution in [0.1, 0.15) is 69.2 Å². The van der Waals surface area contributed by atoms with Crippen LogP contribution in [-0.4, -0.2) is 55.8 Å². The lowest BCUT2D eigenvalue weighted by atomic mass is 10.1. The molecule has 1 saturated heterocycles. The number of methoxy groups -OCH3 is 1. The molecule has 1 aromatic carbocycles. The summed E-state index contributed by atoms with van der Waals surface area (Å²) in [5.74, 6) is 0.193. The molecular weight excluding hydrogens is 376 g/mol. The number of carbonyl (C=O) groups is 1. The van der Waals surface area contributed by atoms with Gasteiger partial charge in [-0.2, -0.15) is 4.31 Å². The van der Waals surface area contributed by atoms with Gasteiger partial charge in [0.05, 0.1) is 7.11 Å². The monoisotopic (exact) mass is 408 g/mol. The van der Waals surface area contributed by atoms with Crippen LogP contribution in [0.15, 0.2) is 23.1 Å². The van der Waals surface area contributed by atoms with Gasteiger partial charge in [-0.3, -0.25) is 4.79 Å². The van der Waals surface area contributed by atoms with E-state index in [1.54, 1.807) is 16.4 Å². The van der Waals surface area contributed by atoms with Crippen molar-refractivity contribution in [2.45, 2.75) is 75.8 Å². The number of amides is 1. The highest BCUT2D eigenvalue weighted by Gasteiger charge is 2.34. The van der Waals surface area contributed by atoms with Crippen molar-refractivity contribution >= 4 is 15.9 Å². The molecule has 0 aromatic heterocycles. The molecule has 1 saturated carbocycles. The molecule has 156 valence electrons. The second-order valence-electron chi connectivity index (χ2n) is 7.86. The number of nitrogens with zero attached hydrogens (tertiary/aromatic N) is 2. The Hall–Kier alpha value is -1.60. The molecule has 1 atom stereocenters. The van der Waals surface area contributed by atoms with E-state index in [9.17, 15) is 13.2 Å². The van der Waals surface area contributed by atoms with Crippen LogP contribution < -0.4 is 4.74 Å². The van der Waals surface area contributed by atoms with Crippen molar-refractivity contribution in [1.29, 1.82) is 0 Å². The highest BCUT2D eigenvalue weighted by molar-refractivity contribution is 7.89. The van der Waals surface area contributed by atoms with E-state index >= 15 is 0 Å². The summed E-state index contributed by atoms with van der Waals surface area (Å²) >= 11 is 0. The molecule has 0 spiro atoms. The number of sulfonamides is 1. The minimum Gasteiger partial charge on any atom is -0.495 e. The summed E-state index contributed by atoms with van der Waals surface area (Å²) in [4.78, 5) is 15.1. The molecule has 1 aliphatic heterocycles. The fourth-order valence-corrected chi connectivity index (χ4v) is 6.40. The molecular formula is C21H32N2O4S. The summed E-state index contributed by atoms with van der Waals surface area (Å²) in [6, 6.07) is 5.00. The maximum atomic E-state index is 13.4. The van der Waals surface area contributed by atoms with Gasteiger partial charge < -0.3 is 9.64 Å². The summed E-state index contributed by atoms with van der Waals surface area (Å²) in [6.45, 7) is 5.05. The van der Waals surface area contributed by atoms with E-state index in [1.807, 2.05) is 18.7 Å². The van der Waals surface area contributed by atoms with Crippen LogP contribution in [0.2, 0.25) is 0 Å². The van der Waals surface area contributed by atoms with Crippen molar-refractivity contribution in [2.75, 3.05) is 20.2 Å². The summed E-state index contributed by atoms with van der Waals surface area (Å²) in [6.07, 6.45) is 7.07. The van der Waals surface area contributed by atoms with Gasteiger partial charge in [0.2, 0.25) is 10.0 Å². The fraction of sp³-hybridized carbons (Fsp3) is 0.667. The molecule has 1 amide bonds. The quantitative estimate of drug-likeness (QED) is 0.720. The molecule has 2 aliphatic rings. The highest BCUT2D eigenvalue weighted by Crippen LogP contribution is 2.32. The smallest absolute Gasteiger partial charge is 0.254 e. The minimum absolute atomic E-state index is 0.0477. The van der Waals surface area contributed by atoms with Gasteiger partial charge in [0.25, 0.3) is 5.91 Å². The molecule has 1 unspecified atom stereocenters. The highest BCUT2D eigenvalue weighted by atomic mass is 32.2. The van der Waals surface area contributed by atoms with Gasteiger partial charge in [-0.1, -0.05) is 19.3 Å². The van der Waals surface area contributed by atoms with Gasteiger partial charge in [0.1, 0.15) is 10.6 Å². The van der Waals surface area contributed by atoms with Gasteiger partial charge in [0.15, 0.2) is 0 Å². The Morgan fingerprint density at radius 2 is 1.86 bits per heavy atom. The Labute approximate surface area is 168 Å². The second-order valence-corrected chi connectivity index (χ2v) is 9.71. The zero-order chi connectivity index (χ0) is 20.3. The van der Waals surface area contributed by atoms with Crippen molar-refractivity contribution in [3.8, 4) is 5.75 Å². The van der Waals surface area contributed by atoms with Crippen molar-refractivity contribution in [3.05, 3.63) is 23.8 Å². The van der Waals surface area contributed by atoms with E-state index in [0.717, 1.165) is 44.9 Å². The average Bonchev–Trinajstić information content (AvgIpc) is 3.22. The van der Waals surface area contributed by atoms with E-state index < -0.39 is 10.0 Å². The first-order valence-corrected chi connectivity index (χ1v) is 11.8. The molecule has 0 radical (unpaired) electrons. The maximum absolute atomic E-state index is 13.4. The normalized spacial score (nSPS) is 21.6. The predicted octanol–water partition coefficient (Wildman–Crippen LogP) is 3.66. The van der Waals surface area contributed by atoms with Crippen molar-refractivity contribution in [1.82, 2.24) is 9.21 Å². The molecule has 28 heavy (non-hydrogen) atoms. The van der Waals surface area contributed by atoms with E-state index in [0.29, 0.717) is 24.4 Å². The lowest BCUT2D eigenvalue weighted by Crippen LogP contribution is -2.42. The van der Waals surface area contributed by atoms with Gasteiger partial charge in [-0.05, 0) is 57.7 Å². The molecule has 1 aliphatic carbocycles. The lowest BCUT2D eigenvalue weighted by Gasteiger charge is -2.33. The SMILES string of the molecule is CCN(C(=O)c1ccc(OC)c(S(=O)(=O)N2CCCCC2C)c1)C1CCCC1. The molecule has 0 bridgehead atoms. The largest absolute Gasteiger partial charge is 0.495 e. The van der Waals surface area contributed by atoms with Crippen molar-refractivity contribution in [3.63, 3.8) is 0 Å². The number of carbonyl (C=O) groups excluding carboxylic acids is 1. The van der Waals surface area contributed by atoms with Crippen LogP contribution in [0.25, 0.3) is 0 Å². The zero-order valence-electron chi connectivity index (χ0n) is 17.2. The molecule has 2 fully saturated rings. The van der Waals surface area contributed by atoms with Crippen molar-refractivity contribution < 1.29 is 17.9 Å². The summed E-state index contributed by atoms with van der Waals surface area (Å²) < 4.78 is 33.6. The molecule has 7 heteroatoms. The Bertz CT molecular complexity index is 803. The maximum Gasteiger partial charge on any atom is 0.254 e. The average molecular weight is 409 g/mol. The first kappa shape index (κ1) is 21.1. The van der Waals surface area contributed by atoms with E-state index in [2.05, 4.69) is 0 Å². The third-order valence-corrected chi connectivity index (χ3v) is 8.14. The van der Waals surface area contributed by atoms with E-state index in [4.69, 9.17) is 4.74 Å². The van der Waals surface area contributed by atoms with Gasteiger partial charge in [0, 0.05) is 30.7 Å². The Morgan fingerprint density at radius 3 is 2.46 bits per heavy atom. The fourth-order valence-electron chi connectivity index (χ4n) is 4.52. The van der Waals surface area contributed by atoms with E-state index in [-0.39, 0.29) is 22.9 Å². The summed E-state index contributed by atoms with van der Waals surface area (Å²) in [5, 5.41) is 0. The standard InChI is InChI=1S/C21H32N2O4S/c1-4-22(18-10-5-6-11-18)21(24)17-12-13-19(27-3)20(15-17)28(25,26)23-14-8-7-9-16(23)2/h12-13,15-16,18H,4-11,14H2,1-3H3. The first-order valence-electron chi connectivity index (χ1n) is 10.4. The lowest BCUT2D eigenvalue weighted by molar-refractivity contribution is 0.0693. The van der Waals surface area contributed by atoms with Gasteiger partial charge in [-0.25, -0.2) is 8.42 Å². The van der Waals surface area contributed by atoms with Gasteiger partial charge >= 0.3 is 0 Å². The van der Waals surface area contributed by atoms with Crippen LogP contribution in [0.3, 0.4) is 0 Å². The third-order valence-electron chi connectivity index (χ3n) is 6.11. The third kappa shape index (κ3) is 4.06. The zero-order valence-corrected chi connectivity index (χ0v) is 18.0. The van der Waals surface area contributed by atoms with E-state index in [1.165, 1.54) is 13.2 Å². The topological polar surface area (TPSA) is 66.9 Å². The van der Waals surface area contributed by atoms with Crippen molar-refractivity contribution in [2.24, 2.45) is 0 Å². The summed E-state index contributed by atoms with van der Waals surface area (Å²) in [7, 11) is -2.26. The second kappa shape index (κ2) is 8.82. The molecule has 3 rings (SSSR count). The van der Waals surface area contributed by atoms with Gasteiger partial charge in [-0.15, -0.1) is 0 Å². The molecule has 0 N–H and O–H groups in total. The Kier molecular flexibility index (Phi) is 6.65. The van der Waals surface area contributed by atoms with Crippen LogP contribution in [0, 0.1) is 0 Å². The van der Waals surface area contributed by atoms with Crippen LogP contribution in [-0.2, 0) is 10.0 Å². The van der Waals surface area contributed by atoms with Crippen LogP contribution >= 0.6 is 0 Å².